The first-order chi connectivity index (χ1) is 11.6. The second-order valence-electron chi connectivity index (χ2n) is 7.20. The molecule has 25 heavy (non-hydrogen) atoms. The van der Waals surface area contributed by atoms with Crippen molar-refractivity contribution >= 4 is 7.92 Å². The van der Waals surface area contributed by atoms with Crippen molar-refractivity contribution in [1.82, 2.24) is 0 Å². The summed E-state index contributed by atoms with van der Waals surface area (Å²) in [5, 5.41) is 28.1. The number of aliphatic hydroxyl groups excluding tert-OH is 3. The van der Waals surface area contributed by atoms with E-state index in [-0.39, 0.29) is 18.3 Å². The van der Waals surface area contributed by atoms with Gasteiger partial charge in [-0.25, -0.2) is 0 Å². The van der Waals surface area contributed by atoms with Crippen LogP contribution < -0.4 is 0 Å². The molecule has 0 aromatic rings. The third-order valence-electron chi connectivity index (χ3n) is 3.41. The Balaban J connectivity index is 4.52. The fourth-order valence-corrected chi connectivity index (χ4v) is 5.33. The van der Waals surface area contributed by atoms with E-state index in [1.54, 1.807) is 20.8 Å². The van der Waals surface area contributed by atoms with Crippen LogP contribution in [-0.2, 0) is 14.2 Å². The largest absolute Gasteiger partial charge is 0.391 e. The molecule has 0 aliphatic heterocycles. The molecule has 0 saturated heterocycles. The molecule has 0 heterocycles. The van der Waals surface area contributed by atoms with Gasteiger partial charge in [-0.2, -0.15) is 0 Å². The summed E-state index contributed by atoms with van der Waals surface area (Å²) in [6.45, 7) is 12.3. The predicted octanol–water partition coefficient (Wildman–Crippen LogP) is 1.83. The molecule has 7 heteroatoms. The van der Waals surface area contributed by atoms with Crippen LogP contribution in [0.5, 0.6) is 0 Å². The minimum atomic E-state index is -0.463. The monoisotopic (exact) mass is 382 g/mol. The Morgan fingerprint density at radius 3 is 1.00 bits per heavy atom. The molecule has 0 rings (SSSR count). The fraction of sp³-hybridized carbons (Fsp3) is 1.00. The smallest absolute Gasteiger partial charge is 0.0745 e. The molecule has 0 spiro atoms. The second kappa shape index (κ2) is 14.3. The maximum Gasteiger partial charge on any atom is 0.0745 e. The highest BCUT2D eigenvalue weighted by molar-refractivity contribution is 7.57. The van der Waals surface area contributed by atoms with E-state index in [0.717, 1.165) is 18.5 Å². The van der Waals surface area contributed by atoms with E-state index in [4.69, 9.17) is 14.2 Å². The third-order valence-corrected chi connectivity index (χ3v) is 6.50. The van der Waals surface area contributed by atoms with Gasteiger partial charge in [-0.15, -0.1) is 0 Å². The average molecular weight is 382 g/mol. The summed E-state index contributed by atoms with van der Waals surface area (Å²) < 4.78 is 17.1. The molecule has 0 aromatic heterocycles. The number of rotatable bonds is 15. The average Bonchev–Trinajstić information content (AvgIpc) is 2.48. The lowest BCUT2D eigenvalue weighted by molar-refractivity contribution is 0.00965. The third kappa shape index (κ3) is 16.1. The lowest BCUT2D eigenvalue weighted by Crippen LogP contribution is -2.26. The minimum Gasteiger partial charge on any atom is -0.391 e. The van der Waals surface area contributed by atoms with Gasteiger partial charge in [0.05, 0.1) is 56.4 Å². The van der Waals surface area contributed by atoms with Gasteiger partial charge >= 0.3 is 0 Å². The van der Waals surface area contributed by atoms with Gasteiger partial charge in [-0.05, 0) is 60.0 Å². The van der Waals surface area contributed by atoms with Crippen LogP contribution >= 0.6 is 7.92 Å². The maximum absolute atomic E-state index is 9.36. The summed E-state index contributed by atoms with van der Waals surface area (Å²) in [6, 6.07) is 0. The van der Waals surface area contributed by atoms with Gasteiger partial charge in [0.15, 0.2) is 0 Å². The van der Waals surface area contributed by atoms with Crippen molar-refractivity contribution in [2.45, 2.75) is 78.2 Å². The molecular weight excluding hydrogens is 343 g/mol. The highest BCUT2D eigenvalue weighted by Crippen LogP contribution is 2.39. The van der Waals surface area contributed by atoms with Crippen molar-refractivity contribution in [2.75, 3.05) is 38.3 Å². The zero-order valence-corrected chi connectivity index (χ0v) is 17.6. The highest BCUT2D eigenvalue weighted by Gasteiger charge is 2.20. The molecular formula is C18H39O6P. The van der Waals surface area contributed by atoms with Crippen molar-refractivity contribution in [2.24, 2.45) is 0 Å². The molecule has 0 bridgehead atoms. The van der Waals surface area contributed by atoms with E-state index >= 15 is 0 Å². The van der Waals surface area contributed by atoms with Crippen LogP contribution in [0.15, 0.2) is 0 Å². The first-order valence-electron chi connectivity index (χ1n) is 9.21. The van der Waals surface area contributed by atoms with Gasteiger partial charge in [0.2, 0.25) is 0 Å². The highest BCUT2D eigenvalue weighted by atomic mass is 31.1. The Bertz CT molecular complexity index is 266. The summed E-state index contributed by atoms with van der Waals surface area (Å²) in [7, 11) is -0.391. The lowest BCUT2D eigenvalue weighted by atomic mass is 10.4. The Hall–Kier alpha value is 0.190. The van der Waals surface area contributed by atoms with Crippen LogP contribution in [0, 0.1) is 0 Å². The van der Waals surface area contributed by atoms with Crippen LogP contribution in [0.3, 0.4) is 0 Å². The first-order valence-corrected chi connectivity index (χ1v) is 11.1. The molecule has 0 fully saturated rings. The number of hydrogen-bond donors (Lipinski definition) is 3. The van der Waals surface area contributed by atoms with E-state index < -0.39 is 26.2 Å². The molecule has 0 radical (unpaired) electrons. The lowest BCUT2D eigenvalue weighted by Gasteiger charge is -2.28. The summed E-state index contributed by atoms with van der Waals surface area (Å²) in [4.78, 5) is 0. The SMILES string of the molecule is CC(O)COC(C)CP(CC(C)OCC(C)O)CC(C)OCC(C)O. The fourth-order valence-electron chi connectivity index (χ4n) is 2.38. The van der Waals surface area contributed by atoms with Crippen LogP contribution in [0.4, 0.5) is 0 Å². The number of hydrogen-bond acceptors (Lipinski definition) is 6. The van der Waals surface area contributed by atoms with Gasteiger partial charge in [-0.3, -0.25) is 0 Å². The Kier molecular flexibility index (Phi) is 14.4. The molecule has 3 N–H and O–H groups in total. The molecule has 6 unspecified atom stereocenters. The van der Waals surface area contributed by atoms with Gasteiger partial charge in [-0.1, -0.05) is 7.92 Å². The van der Waals surface area contributed by atoms with Crippen LogP contribution in [0.25, 0.3) is 0 Å². The van der Waals surface area contributed by atoms with Gasteiger partial charge in [0.1, 0.15) is 0 Å². The zero-order valence-electron chi connectivity index (χ0n) is 16.7. The Morgan fingerprint density at radius 1 is 0.560 bits per heavy atom. The van der Waals surface area contributed by atoms with E-state index in [1.807, 2.05) is 20.8 Å². The molecule has 152 valence electrons. The Morgan fingerprint density at radius 2 is 0.800 bits per heavy atom. The summed E-state index contributed by atoms with van der Waals surface area (Å²) in [5.74, 6) is 0. The van der Waals surface area contributed by atoms with E-state index in [1.165, 1.54) is 0 Å². The summed E-state index contributed by atoms with van der Waals surface area (Å²) in [5.41, 5.74) is 0. The van der Waals surface area contributed by atoms with Crippen LogP contribution in [-0.4, -0.2) is 90.2 Å². The zero-order chi connectivity index (χ0) is 19.4. The molecule has 0 aliphatic rings. The van der Waals surface area contributed by atoms with Crippen molar-refractivity contribution in [3.05, 3.63) is 0 Å². The molecule has 0 aliphatic carbocycles. The van der Waals surface area contributed by atoms with Crippen molar-refractivity contribution in [1.29, 1.82) is 0 Å². The summed E-state index contributed by atoms with van der Waals surface area (Å²) in [6.07, 6.45) is 1.53. The van der Waals surface area contributed by atoms with Gasteiger partial charge < -0.3 is 29.5 Å². The molecule has 0 aromatic carbocycles. The van der Waals surface area contributed by atoms with Gasteiger partial charge in [0, 0.05) is 0 Å². The maximum atomic E-state index is 9.36. The molecule has 6 nitrogen and oxygen atoms in total. The van der Waals surface area contributed by atoms with E-state index in [9.17, 15) is 15.3 Å². The summed E-state index contributed by atoms with van der Waals surface area (Å²) >= 11 is 0. The topological polar surface area (TPSA) is 88.4 Å². The molecule has 6 atom stereocenters. The van der Waals surface area contributed by atoms with Crippen molar-refractivity contribution in [3.63, 3.8) is 0 Å². The van der Waals surface area contributed by atoms with E-state index in [0.29, 0.717) is 19.8 Å². The Labute approximate surface area is 154 Å². The van der Waals surface area contributed by atoms with E-state index in [2.05, 4.69) is 0 Å². The minimum absolute atomic E-state index is 0.0636. The van der Waals surface area contributed by atoms with Crippen LogP contribution in [0.2, 0.25) is 0 Å². The standard InChI is InChI=1S/C18H39O6P/c1-13(19)7-22-16(4)10-25(11-17(5)23-8-14(2)20)12-18(6)24-9-15(3)21/h13-21H,7-12H2,1-6H3. The van der Waals surface area contributed by atoms with Crippen molar-refractivity contribution in [3.8, 4) is 0 Å². The first kappa shape index (κ1) is 25.2. The predicted molar refractivity (Wildman–Crippen MR) is 103 cm³/mol. The van der Waals surface area contributed by atoms with Crippen LogP contribution in [0.1, 0.15) is 41.5 Å². The van der Waals surface area contributed by atoms with Gasteiger partial charge in [0.25, 0.3) is 0 Å². The molecule has 0 amide bonds. The molecule has 0 saturated carbocycles. The number of aliphatic hydroxyl groups is 3. The quantitative estimate of drug-likeness (QED) is 0.375. The second-order valence-corrected chi connectivity index (χ2v) is 9.63. The normalized spacial score (nSPS) is 20.5. The van der Waals surface area contributed by atoms with Crippen molar-refractivity contribution < 1.29 is 29.5 Å². The number of ether oxygens (including phenoxy) is 3.